The third-order valence-electron chi connectivity index (χ3n) is 1.97. The van der Waals surface area contributed by atoms with Crippen LogP contribution in [0.5, 0.6) is 0 Å². The van der Waals surface area contributed by atoms with Crippen molar-refractivity contribution in [2.75, 3.05) is 5.73 Å². The van der Waals surface area contributed by atoms with Gasteiger partial charge in [0.2, 0.25) is 0 Å². The summed E-state index contributed by atoms with van der Waals surface area (Å²) in [4.78, 5) is 0. The topological polar surface area (TPSA) is 73.6 Å². The van der Waals surface area contributed by atoms with E-state index < -0.39 is 0 Å². The quantitative estimate of drug-likeness (QED) is 0.651. The first-order valence-electron chi connectivity index (χ1n) is 3.85. The van der Waals surface area contributed by atoms with Crippen molar-refractivity contribution >= 4 is 5.69 Å². The zero-order chi connectivity index (χ0) is 9.84. The van der Waals surface area contributed by atoms with E-state index in [1.54, 1.807) is 6.07 Å². The van der Waals surface area contributed by atoms with Gasteiger partial charge in [0.15, 0.2) is 0 Å². The fourth-order valence-electron chi connectivity index (χ4n) is 1.18. The Morgan fingerprint density at radius 3 is 2.62 bits per heavy atom. The van der Waals surface area contributed by atoms with E-state index in [0.717, 1.165) is 11.1 Å². The van der Waals surface area contributed by atoms with Crippen molar-refractivity contribution in [3.05, 3.63) is 28.8 Å². The number of nitriles is 2. The summed E-state index contributed by atoms with van der Waals surface area (Å²) in [7, 11) is 0. The molecule has 3 nitrogen and oxygen atoms in total. The fourth-order valence-corrected chi connectivity index (χ4v) is 1.18. The summed E-state index contributed by atoms with van der Waals surface area (Å²) in [5.74, 6) is 0. The van der Waals surface area contributed by atoms with Gasteiger partial charge >= 0.3 is 0 Å². The Balaban J connectivity index is 3.33. The number of hydrogen-bond donors (Lipinski definition) is 1. The average molecular weight is 171 g/mol. The summed E-state index contributed by atoms with van der Waals surface area (Å²) in [5.41, 5.74) is 8.30. The molecule has 1 aromatic rings. The van der Waals surface area contributed by atoms with Crippen LogP contribution in [-0.2, 0) is 6.42 Å². The van der Waals surface area contributed by atoms with Gasteiger partial charge in [-0.25, -0.2) is 0 Å². The van der Waals surface area contributed by atoms with Crippen LogP contribution in [0.2, 0.25) is 0 Å². The highest BCUT2D eigenvalue weighted by Gasteiger charge is 2.06. The Morgan fingerprint density at radius 2 is 2.08 bits per heavy atom. The minimum absolute atomic E-state index is 0.257. The van der Waals surface area contributed by atoms with E-state index in [0.29, 0.717) is 11.3 Å². The summed E-state index contributed by atoms with van der Waals surface area (Å²) in [6.07, 6.45) is 0.257. The minimum atomic E-state index is 0.257. The average Bonchev–Trinajstić information content (AvgIpc) is 2.12. The first kappa shape index (κ1) is 9.09. The first-order chi connectivity index (χ1) is 6.20. The summed E-state index contributed by atoms with van der Waals surface area (Å²) in [6.45, 7) is 1.88. The standard InChI is InChI=1S/C10H9N3/c1-7-2-3-8(6-12)10(13)9(7)4-5-11/h2-3H,4,13H2,1H3. The molecule has 0 aromatic heterocycles. The lowest BCUT2D eigenvalue weighted by Crippen LogP contribution is -1.99. The van der Waals surface area contributed by atoms with Crippen molar-refractivity contribution in [3.63, 3.8) is 0 Å². The zero-order valence-electron chi connectivity index (χ0n) is 7.33. The van der Waals surface area contributed by atoms with Crippen LogP contribution >= 0.6 is 0 Å². The molecule has 1 rings (SSSR count). The maximum absolute atomic E-state index is 8.69. The van der Waals surface area contributed by atoms with Gasteiger partial charge in [0.1, 0.15) is 6.07 Å². The van der Waals surface area contributed by atoms with Crippen LogP contribution in [0.1, 0.15) is 16.7 Å². The van der Waals surface area contributed by atoms with Gasteiger partial charge in [0, 0.05) is 0 Å². The second-order valence-electron chi connectivity index (χ2n) is 2.77. The number of nitrogen functional groups attached to an aromatic ring is 1. The lowest BCUT2D eigenvalue weighted by Gasteiger charge is -2.06. The van der Waals surface area contributed by atoms with Crippen molar-refractivity contribution in [2.45, 2.75) is 13.3 Å². The fraction of sp³-hybridized carbons (Fsp3) is 0.200. The second kappa shape index (κ2) is 3.60. The summed E-state index contributed by atoms with van der Waals surface area (Å²) in [5, 5.41) is 17.2. The molecule has 0 amide bonds. The Bertz CT molecular complexity index is 407. The van der Waals surface area contributed by atoms with Crippen molar-refractivity contribution in [3.8, 4) is 12.1 Å². The van der Waals surface area contributed by atoms with Crippen LogP contribution in [0.15, 0.2) is 12.1 Å². The molecular formula is C10H9N3. The molecule has 0 bridgehead atoms. The molecule has 0 aliphatic rings. The van der Waals surface area contributed by atoms with Crippen LogP contribution < -0.4 is 5.73 Å². The highest BCUT2D eigenvalue weighted by Crippen LogP contribution is 2.20. The maximum Gasteiger partial charge on any atom is 0.101 e. The molecule has 13 heavy (non-hydrogen) atoms. The predicted molar refractivity (Wildman–Crippen MR) is 49.6 cm³/mol. The van der Waals surface area contributed by atoms with Crippen LogP contribution in [0.4, 0.5) is 5.69 Å². The molecule has 3 heteroatoms. The molecular weight excluding hydrogens is 162 g/mol. The van der Waals surface area contributed by atoms with E-state index in [1.807, 2.05) is 25.1 Å². The van der Waals surface area contributed by atoms with Crippen molar-refractivity contribution in [1.82, 2.24) is 0 Å². The van der Waals surface area contributed by atoms with E-state index in [-0.39, 0.29) is 6.42 Å². The van der Waals surface area contributed by atoms with Gasteiger partial charge in [-0.1, -0.05) is 6.07 Å². The lowest BCUT2D eigenvalue weighted by atomic mass is 10.0. The van der Waals surface area contributed by atoms with Gasteiger partial charge < -0.3 is 5.73 Å². The monoisotopic (exact) mass is 171 g/mol. The Morgan fingerprint density at radius 1 is 1.38 bits per heavy atom. The molecule has 0 unspecified atom stereocenters. The molecule has 0 fully saturated rings. The molecule has 64 valence electrons. The normalized spacial score (nSPS) is 8.85. The van der Waals surface area contributed by atoms with E-state index in [1.165, 1.54) is 0 Å². The number of nitrogens with zero attached hydrogens (tertiary/aromatic N) is 2. The van der Waals surface area contributed by atoms with Gasteiger partial charge in [-0.2, -0.15) is 10.5 Å². The first-order valence-corrected chi connectivity index (χ1v) is 3.85. The molecule has 0 heterocycles. The minimum Gasteiger partial charge on any atom is -0.397 e. The van der Waals surface area contributed by atoms with Crippen LogP contribution in [0.25, 0.3) is 0 Å². The smallest absolute Gasteiger partial charge is 0.101 e. The van der Waals surface area contributed by atoms with Gasteiger partial charge in [-0.05, 0) is 24.1 Å². The number of nitrogens with two attached hydrogens (primary N) is 1. The lowest BCUT2D eigenvalue weighted by molar-refractivity contribution is 1.21. The number of aryl methyl sites for hydroxylation is 1. The highest BCUT2D eigenvalue weighted by atomic mass is 14.6. The summed E-state index contributed by atoms with van der Waals surface area (Å²) >= 11 is 0. The van der Waals surface area contributed by atoms with Gasteiger partial charge in [-0.3, -0.25) is 0 Å². The van der Waals surface area contributed by atoms with E-state index in [2.05, 4.69) is 0 Å². The maximum atomic E-state index is 8.69. The third-order valence-corrected chi connectivity index (χ3v) is 1.97. The van der Waals surface area contributed by atoms with Crippen LogP contribution in [0, 0.1) is 29.6 Å². The highest BCUT2D eigenvalue weighted by molar-refractivity contribution is 5.62. The largest absolute Gasteiger partial charge is 0.397 e. The molecule has 0 atom stereocenters. The van der Waals surface area contributed by atoms with Gasteiger partial charge in [-0.15, -0.1) is 0 Å². The SMILES string of the molecule is Cc1ccc(C#N)c(N)c1CC#N. The molecule has 0 spiro atoms. The number of benzene rings is 1. The molecule has 1 aromatic carbocycles. The second-order valence-corrected chi connectivity index (χ2v) is 2.77. The van der Waals surface area contributed by atoms with Crippen LogP contribution in [0.3, 0.4) is 0 Å². The van der Waals surface area contributed by atoms with E-state index in [9.17, 15) is 0 Å². The predicted octanol–water partition coefficient (Wildman–Crippen LogP) is 1.51. The number of hydrogen-bond acceptors (Lipinski definition) is 3. The molecule has 0 saturated carbocycles. The third kappa shape index (κ3) is 1.60. The molecule has 2 N–H and O–H groups in total. The molecule has 0 aliphatic carbocycles. The number of anilines is 1. The molecule has 0 radical (unpaired) electrons. The van der Waals surface area contributed by atoms with Gasteiger partial charge in [0.05, 0.1) is 23.7 Å². The molecule has 0 aliphatic heterocycles. The molecule has 0 saturated heterocycles. The Labute approximate surface area is 77.0 Å². The van der Waals surface area contributed by atoms with Gasteiger partial charge in [0.25, 0.3) is 0 Å². The van der Waals surface area contributed by atoms with Crippen molar-refractivity contribution in [1.29, 1.82) is 10.5 Å². The number of rotatable bonds is 1. The van der Waals surface area contributed by atoms with E-state index in [4.69, 9.17) is 16.3 Å². The van der Waals surface area contributed by atoms with Crippen molar-refractivity contribution in [2.24, 2.45) is 0 Å². The Kier molecular flexibility index (Phi) is 2.52. The summed E-state index contributed by atoms with van der Waals surface area (Å²) in [6, 6.07) is 7.49. The zero-order valence-corrected chi connectivity index (χ0v) is 7.33. The summed E-state index contributed by atoms with van der Waals surface area (Å²) < 4.78 is 0. The Hall–Kier alpha value is -2.00. The van der Waals surface area contributed by atoms with E-state index >= 15 is 0 Å². The van der Waals surface area contributed by atoms with Crippen molar-refractivity contribution < 1.29 is 0 Å². The van der Waals surface area contributed by atoms with Crippen LogP contribution in [-0.4, -0.2) is 0 Å².